The quantitative estimate of drug-likeness (QED) is 0.397. The molecule has 10 nitrogen and oxygen atoms in total. The largest absolute Gasteiger partial charge is 0.522 e. The number of nitrogens with one attached hydrogen (secondary N) is 3. The van der Waals surface area contributed by atoms with Crippen LogP contribution in [0.15, 0.2) is 24.3 Å². The number of nitrogens with zero attached hydrogens (tertiary/aromatic N) is 1. The number of amides is 4. The highest BCUT2D eigenvalue weighted by Gasteiger charge is 2.51. The zero-order chi connectivity index (χ0) is 30.8. The molecule has 5 atom stereocenters. The van der Waals surface area contributed by atoms with Crippen molar-refractivity contribution in [1.29, 1.82) is 0 Å². The fourth-order valence-corrected chi connectivity index (χ4v) is 6.34. The number of carbonyl (C=O) groups is 5. The van der Waals surface area contributed by atoms with Gasteiger partial charge in [0.2, 0.25) is 11.8 Å². The van der Waals surface area contributed by atoms with Crippen LogP contribution in [0.4, 0.5) is 18.9 Å². The molecule has 1 aliphatic carbocycles. The smallest absolute Gasteiger partial charge is 0.356 e. The van der Waals surface area contributed by atoms with Gasteiger partial charge >= 0.3 is 18.2 Å². The molecule has 1 aromatic rings. The second kappa shape index (κ2) is 12.4. The molecule has 1 aromatic carbocycles. The molecule has 3 fully saturated rings. The molecular weight excluding hydrogens is 557 g/mol. The van der Waals surface area contributed by atoms with Gasteiger partial charge in [-0.15, -0.1) is 13.2 Å². The number of hydrogen-bond donors (Lipinski definition) is 3. The summed E-state index contributed by atoms with van der Waals surface area (Å²) < 4.78 is 41.7. The van der Waals surface area contributed by atoms with Crippen molar-refractivity contribution in [2.75, 3.05) is 25.0 Å². The minimum absolute atomic E-state index is 0.0392. The predicted molar refractivity (Wildman–Crippen MR) is 145 cm³/mol. The maximum Gasteiger partial charge on any atom is 0.522 e. The van der Waals surface area contributed by atoms with Crippen LogP contribution in [0.2, 0.25) is 0 Å². The van der Waals surface area contributed by atoms with E-state index in [1.165, 1.54) is 4.90 Å². The minimum Gasteiger partial charge on any atom is -0.356 e. The van der Waals surface area contributed by atoms with Gasteiger partial charge in [-0.2, -0.15) is 0 Å². The lowest BCUT2D eigenvalue weighted by atomic mass is 9.86. The Hall–Kier alpha value is -3.48. The van der Waals surface area contributed by atoms with Crippen LogP contribution in [-0.4, -0.2) is 72.5 Å². The van der Waals surface area contributed by atoms with Crippen LogP contribution in [0, 0.1) is 17.8 Å². The molecule has 2 aliphatic heterocycles. The molecule has 4 amide bonds. The normalized spacial score (nSPS) is 24.6. The van der Waals surface area contributed by atoms with Crippen molar-refractivity contribution in [3.8, 4) is 0 Å². The molecule has 3 aliphatic rings. The second-order valence-electron chi connectivity index (χ2n) is 12.3. The number of hydrogen-bond acceptors (Lipinski definition) is 6. The van der Waals surface area contributed by atoms with Gasteiger partial charge in [-0.25, -0.2) is 0 Å². The van der Waals surface area contributed by atoms with Gasteiger partial charge in [0.25, 0.3) is 0 Å². The second-order valence-corrected chi connectivity index (χ2v) is 12.3. The number of alkyl halides is 3. The Morgan fingerprint density at radius 3 is 2.45 bits per heavy atom. The van der Waals surface area contributed by atoms with Crippen LogP contribution in [-0.2, 0) is 34.1 Å². The van der Waals surface area contributed by atoms with Gasteiger partial charge in [0, 0.05) is 24.7 Å². The third-order valence-corrected chi connectivity index (χ3v) is 8.36. The lowest BCUT2D eigenvalue weighted by Crippen LogP contribution is -2.55. The summed E-state index contributed by atoms with van der Waals surface area (Å²) in [6, 6.07) is 4.56. The first-order chi connectivity index (χ1) is 19.7. The lowest BCUT2D eigenvalue weighted by Gasteiger charge is -2.29. The molecule has 230 valence electrons. The van der Waals surface area contributed by atoms with Crippen molar-refractivity contribution >= 4 is 35.1 Å². The maximum atomic E-state index is 13.7. The van der Waals surface area contributed by atoms with Crippen LogP contribution in [0.5, 0.6) is 0 Å². The van der Waals surface area contributed by atoms with E-state index in [0.29, 0.717) is 25.1 Å². The number of likely N-dealkylation sites (tertiary alicyclic amines) is 1. The summed E-state index contributed by atoms with van der Waals surface area (Å²) in [5.41, 5.74) is 0.958. The number of ketones is 1. The Balaban J connectivity index is 1.53. The lowest BCUT2D eigenvalue weighted by molar-refractivity contribution is -0.321. The van der Waals surface area contributed by atoms with Crippen LogP contribution in [0.1, 0.15) is 58.4 Å². The van der Waals surface area contributed by atoms with Crippen molar-refractivity contribution in [1.82, 2.24) is 15.5 Å². The maximum absolute atomic E-state index is 13.7. The Kier molecular flexibility index (Phi) is 9.29. The van der Waals surface area contributed by atoms with Gasteiger partial charge in [-0.05, 0) is 54.6 Å². The van der Waals surface area contributed by atoms with Gasteiger partial charge in [-0.3, -0.25) is 28.7 Å². The molecular formula is C29H37F3N4O6. The number of halogens is 3. The topological polar surface area (TPSA) is 134 Å². The SMILES string of the molecule is CC(C)(C)c1ccccc1NC(=O)C(=O)N1CC2CCCC2[C@H]1C(=O)NC(CC1CCNC1=O)C(=O)COC(F)(F)F. The van der Waals surface area contributed by atoms with Crippen molar-refractivity contribution in [3.63, 3.8) is 0 Å². The highest BCUT2D eigenvalue weighted by molar-refractivity contribution is 6.40. The number of ether oxygens (including phenoxy) is 1. The average Bonchev–Trinajstić information content (AvgIpc) is 3.62. The summed E-state index contributed by atoms with van der Waals surface area (Å²) in [7, 11) is 0. The number of rotatable bonds is 8. The highest BCUT2D eigenvalue weighted by Crippen LogP contribution is 2.42. The first kappa shape index (κ1) is 31.5. The van der Waals surface area contributed by atoms with E-state index in [9.17, 15) is 37.1 Å². The number of benzene rings is 1. The number of para-hydroxylation sites is 1. The van der Waals surface area contributed by atoms with E-state index in [-0.39, 0.29) is 36.1 Å². The van der Waals surface area contributed by atoms with Crippen molar-refractivity contribution in [2.45, 2.75) is 76.7 Å². The monoisotopic (exact) mass is 594 g/mol. The van der Waals surface area contributed by atoms with Gasteiger partial charge in [0.1, 0.15) is 12.6 Å². The molecule has 2 saturated heterocycles. The van der Waals surface area contributed by atoms with Gasteiger partial charge in [0.05, 0.1) is 6.04 Å². The molecule has 3 N–H and O–H groups in total. The van der Waals surface area contributed by atoms with E-state index in [4.69, 9.17) is 0 Å². The van der Waals surface area contributed by atoms with Crippen LogP contribution < -0.4 is 16.0 Å². The Bertz CT molecular complexity index is 1230. The summed E-state index contributed by atoms with van der Waals surface area (Å²) in [6.07, 6.45) is -2.74. The summed E-state index contributed by atoms with van der Waals surface area (Å²) in [4.78, 5) is 66.5. The molecule has 0 radical (unpaired) electrons. The standard InChI is InChI=1S/C29H37F3N4O6/c1-28(2,3)19-9-4-5-10-20(19)34-26(40)27(41)36-14-17-7-6-8-18(17)23(36)25(39)35-21(13-16-11-12-33-24(16)38)22(37)15-42-29(30,31)32/h4-5,9-10,16-18,21,23H,6-8,11-15H2,1-3H3,(H,33,38)(H,34,40)(H,35,39)/t16?,17?,18?,21?,23-/m0/s1. The fourth-order valence-electron chi connectivity index (χ4n) is 6.34. The van der Waals surface area contributed by atoms with E-state index >= 15 is 0 Å². The third kappa shape index (κ3) is 7.29. The predicted octanol–water partition coefficient (Wildman–Crippen LogP) is 2.67. The number of anilines is 1. The summed E-state index contributed by atoms with van der Waals surface area (Å²) >= 11 is 0. The molecule has 0 spiro atoms. The molecule has 4 rings (SSSR count). The van der Waals surface area contributed by atoms with Crippen LogP contribution in [0.3, 0.4) is 0 Å². The molecule has 0 aromatic heterocycles. The first-order valence-corrected chi connectivity index (χ1v) is 14.2. The summed E-state index contributed by atoms with van der Waals surface area (Å²) in [6.45, 7) is 5.07. The minimum atomic E-state index is -5.06. The van der Waals surface area contributed by atoms with Crippen molar-refractivity contribution in [2.24, 2.45) is 17.8 Å². The molecule has 0 bridgehead atoms. The van der Waals surface area contributed by atoms with E-state index in [2.05, 4.69) is 20.7 Å². The van der Waals surface area contributed by atoms with Gasteiger partial charge in [0.15, 0.2) is 5.78 Å². The molecule has 42 heavy (non-hydrogen) atoms. The Morgan fingerprint density at radius 2 is 1.81 bits per heavy atom. The van der Waals surface area contributed by atoms with E-state index in [1.54, 1.807) is 12.1 Å². The first-order valence-electron chi connectivity index (χ1n) is 14.2. The van der Waals surface area contributed by atoms with Crippen LogP contribution in [0.25, 0.3) is 0 Å². The molecule has 2 heterocycles. The zero-order valence-corrected chi connectivity index (χ0v) is 23.9. The van der Waals surface area contributed by atoms with Crippen molar-refractivity contribution < 1.29 is 41.9 Å². The van der Waals surface area contributed by atoms with Crippen molar-refractivity contribution in [3.05, 3.63) is 29.8 Å². The van der Waals surface area contributed by atoms with E-state index in [0.717, 1.165) is 18.4 Å². The van der Waals surface area contributed by atoms with E-state index < -0.39 is 54.5 Å². The van der Waals surface area contributed by atoms with Gasteiger partial charge in [-0.1, -0.05) is 45.4 Å². The fraction of sp³-hybridized carbons (Fsp3) is 0.621. The molecule has 1 saturated carbocycles. The van der Waals surface area contributed by atoms with Crippen LogP contribution >= 0.6 is 0 Å². The summed E-state index contributed by atoms with van der Waals surface area (Å²) in [5, 5.41) is 7.80. The Labute approximate surface area is 242 Å². The average molecular weight is 595 g/mol. The van der Waals surface area contributed by atoms with Gasteiger partial charge < -0.3 is 20.9 Å². The zero-order valence-electron chi connectivity index (χ0n) is 23.9. The van der Waals surface area contributed by atoms with E-state index in [1.807, 2.05) is 32.9 Å². The third-order valence-electron chi connectivity index (χ3n) is 8.36. The Morgan fingerprint density at radius 1 is 1.10 bits per heavy atom. The number of carbonyl (C=O) groups excluding carboxylic acids is 5. The highest BCUT2D eigenvalue weighted by atomic mass is 19.4. The number of fused-ring (bicyclic) bond motifs is 1. The molecule has 13 heteroatoms. The number of Topliss-reactive ketones (excluding diaryl/α,β-unsaturated/α-hetero) is 1. The molecule has 4 unspecified atom stereocenters. The summed E-state index contributed by atoms with van der Waals surface area (Å²) in [5.74, 6) is -4.98.